The zero-order valence-electron chi connectivity index (χ0n) is 10.1. The molecule has 1 aromatic heterocycles. The van der Waals surface area contributed by atoms with E-state index >= 15 is 0 Å². The van der Waals surface area contributed by atoms with Crippen molar-refractivity contribution in [1.29, 1.82) is 0 Å². The van der Waals surface area contributed by atoms with Gasteiger partial charge in [0.2, 0.25) is 0 Å². The van der Waals surface area contributed by atoms with Crippen molar-refractivity contribution in [2.45, 2.75) is 0 Å². The van der Waals surface area contributed by atoms with Gasteiger partial charge in [-0.3, -0.25) is 0 Å². The molecule has 0 aliphatic carbocycles. The lowest BCUT2D eigenvalue weighted by Crippen LogP contribution is -2.08. The van der Waals surface area contributed by atoms with Crippen molar-refractivity contribution in [2.75, 3.05) is 19.1 Å². The number of thiophene rings is 1. The van der Waals surface area contributed by atoms with Gasteiger partial charge in [0, 0.05) is 24.2 Å². The number of carbonyl (C=O) groups is 1. The van der Waals surface area contributed by atoms with Crippen molar-refractivity contribution in [3.63, 3.8) is 0 Å². The summed E-state index contributed by atoms with van der Waals surface area (Å²) >= 11 is 1.22. The van der Waals surface area contributed by atoms with Crippen LogP contribution in [0.15, 0.2) is 35.7 Å². The van der Waals surface area contributed by atoms with Crippen LogP contribution in [0.25, 0.3) is 0 Å². The second kappa shape index (κ2) is 5.10. The highest BCUT2D eigenvalue weighted by Crippen LogP contribution is 2.30. The average molecular weight is 263 g/mol. The summed E-state index contributed by atoms with van der Waals surface area (Å²) in [5.74, 6) is -0.127. The summed E-state index contributed by atoms with van der Waals surface area (Å²) in [6, 6.07) is 9.27. The Labute approximate surface area is 109 Å². The van der Waals surface area contributed by atoms with Gasteiger partial charge in [0.15, 0.2) is 0 Å². The molecule has 0 unspecified atom stereocenters. The quantitative estimate of drug-likeness (QED) is 0.920. The minimum absolute atomic E-state index is 0.333. The molecule has 1 N–H and O–H groups in total. The van der Waals surface area contributed by atoms with E-state index < -0.39 is 5.97 Å². The van der Waals surface area contributed by atoms with Crippen molar-refractivity contribution in [1.82, 2.24) is 0 Å². The van der Waals surface area contributed by atoms with E-state index in [2.05, 4.69) is 0 Å². The number of benzene rings is 1. The number of carboxylic acid groups (broad SMARTS) is 1. The first-order chi connectivity index (χ1) is 8.61. The van der Waals surface area contributed by atoms with Gasteiger partial charge in [-0.2, -0.15) is 0 Å². The molecule has 0 aliphatic heterocycles. The van der Waals surface area contributed by atoms with Crippen LogP contribution in [0.5, 0.6) is 5.75 Å². The molecule has 4 nitrogen and oxygen atoms in total. The average Bonchev–Trinajstić information content (AvgIpc) is 2.87. The van der Waals surface area contributed by atoms with Crippen molar-refractivity contribution in [2.24, 2.45) is 0 Å². The van der Waals surface area contributed by atoms with Crippen molar-refractivity contribution < 1.29 is 14.6 Å². The van der Waals surface area contributed by atoms with Crippen LogP contribution in [0.2, 0.25) is 0 Å². The SMILES string of the molecule is COc1cccc(N(C)c2csc(C(=O)O)c2)c1. The Balaban J connectivity index is 2.28. The summed E-state index contributed by atoms with van der Waals surface area (Å²) in [5, 5.41) is 10.7. The number of hydrogen-bond donors (Lipinski definition) is 1. The van der Waals surface area contributed by atoms with Gasteiger partial charge in [-0.25, -0.2) is 4.79 Å². The van der Waals surface area contributed by atoms with E-state index in [1.54, 1.807) is 13.2 Å². The molecule has 0 aliphatic rings. The minimum Gasteiger partial charge on any atom is -0.497 e. The third-order valence-corrected chi connectivity index (χ3v) is 3.53. The predicted octanol–water partition coefficient (Wildman–Crippen LogP) is 3.22. The number of ether oxygens (including phenoxy) is 1. The van der Waals surface area contributed by atoms with Gasteiger partial charge in [0.1, 0.15) is 10.6 Å². The second-order valence-corrected chi connectivity index (χ2v) is 4.65. The summed E-state index contributed by atoms with van der Waals surface area (Å²) in [5.41, 5.74) is 1.80. The number of hydrogen-bond acceptors (Lipinski definition) is 4. The molecule has 0 saturated heterocycles. The fraction of sp³-hybridized carbons (Fsp3) is 0.154. The number of carboxylic acids is 1. The molecule has 1 heterocycles. The molecule has 0 fully saturated rings. The first-order valence-corrected chi connectivity index (χ1v) is 6.19. The van der Waals surface area contributed by atoms with E-state index in [0.29, 0.717) is 4.88 Å². The standard InChI is InChI=1S/C13H13NO3S/c1-14(9-4-3-5-11(6-9)17-2)10-7-12(13(15)16)18-8-10/h3-8H,1-2H3,(H,15,16). The smallest absolute Gasteiger partial charge is 0.345 e. The zero-order valence-corrected chi connectivity index (χ0v) is 10.9. The lowest BCUT2D eigenvalue weighted by Gasteiger charge is -2.18. The van der Waals surface area contributed by atoms with E-state index in [1.165, 1.54) is 11.3 Å². The van der Waals surface area contributed by atoms with Crippen molar-refractivity contribution in [3.8, 4) is 5.75 Å². The summed E-state index contributed by atoms with van der Waals surface area (Å²) in [6.07, 6.45) is 0. The minimum atomic E-state index is -0.898. The van der Waals surface area contributed by atoms with Gasteiger partial charge in [0.25, 0.3) is 0 Å². The van der Waals surface area contributed by atoms with Crippen LogP contribution in [0, 0.1) is 0 Å². The van der Waals surface area contributed by atoms with Crippen LogP contribution >= 0.6 is 11.3 Å². The normalized spacial score (nSPS) is 10.1. The van der Waals surface area contributed by atoms with Gasteiger partial charge < -0.3 is 14.7 Å². The molecule has 94 valence electrons. The van der Waals surface area contributed by atoms with Gasteiger partial charge in [-0.15, -0.1) is 11.3 Å². The Hall–Kier alpha value is -2.01. The highest BCUT2D eigenvalue weighted by Gasteiger charge is 2.11. The van der Waals surface area contributed by atoms with Crippen LogP contribution in [-0.4, -0.2) is 25.2 Å². The van der Waals surface area contributed by atoms with Crippen molar-refractivity contribution in [3.05, 3.63) is 40.6 Å². The molecule has 0 atom stereocenters. The van der Waals surface area contributed by atoms with Crippen LogP contribution in [-0.2, 0) is 0 Å². The maximum absolute atomic E-state index is 10.8. The molecule has 0 amide bonds. The van der Waals surface area contributed by atoms with Crippen LogP contribution < -0.4 is 9.64 Å². The van der Waals surface area contributed by atoms with Crippen LogP contribution in [0.1, 0.15) is 9.67 Å². The number of nitrogens with zero attached hydrogens (tertiary/aromatic N) is 1. The molecular formula is C13H13NO3S. The molecule has 0 bridgehead atoms. The highest BCUT2D eigenvalue weighted by atomic mass is 32.1. The summed E-state index contributed by atoms with van der Waals surface area (Å²) in [4.78, 5) is 13.1. The number of methoxy groups -OCH3 is 1. The Morgan fingerprint density at radius 1 is 1.33 bits per heavy atom. The van der Waals surface area contributed by atoms with Gasteiger partial charge in [-0.1, -0.05) is 6.07 Å². The van der Waals surface area contributed by atoms with Crippen LogP contribution in [0.3, 0.4) is 0 Å². The van der Waals surface area contributed by atoms with E-state index in [4.69, 9.17) is 9.84 Å². The molecule has 1 aromatic carbocycles. The fourth-order valence-corrected chi connectivity index (χ4v) is 2.35. The maximum atomic E-state index is 10.8. The first-order valence-electron chi connectivity index (χ1n) is 5.31. The molecular weight excluding hydrogens is 250 g/mol. The molecule has 2 rings (SSSR count). The second-order valence-electron chi connectivity index (χ2n) is 3.73. The Morgan fingerprint density at radius 3 is 2.72 bits per heavy atom. The lowest BCUT2D eigenvalue weighted by molar-refractivity contribution is 0.0702. The first kappa shape index (κ1) is 12.4. The molecule has 0 spiro atoms. The summed E-state index contributed by atoms with van der Waals surface area (Å²) in [6.45, 7) is 0. The molecule has 0 saturated carbocycles. The maximum Gasteiger partial charge on any atom is 0.345 e. The highest BCUT2D eigenvalue weighted by molar-refractivity contribution is 7.12. The topological polar surface area (TPSA) is 49.8 Å². The van der Waals surface area contributed by atoms with Gasteiger partial charge in [-0.05, 0) is 18.2 Å². The third kappa shape index (κ3) is 2.46. The van der Waals surface area contributed by atoms with E-state index in [0.717, 1.165) is 17.1 Å². The largest absolute Gasteiger partial charge is 0.497 e. The van der Waals surface area contributed by atoms with Crippen LogP contribution in [0.4, 0.5) is 11.4 Å². The van der Waals surface area contributed by atoms with Crippen molar-refractivity contribution >= 4 is 28.7 Å². The van der Waals surface area contributed by atoms with E-state index in [1.807, 2.05) is 41.6 Å². The Kier molecular flexibility index (Phi) is 3.53. The molecule has 18 heavy (non-hydrogen) atoms. The van der Waals surface area contributed by atoms with Gasteiger partial charge >= 0.3 is 5.97 Å². The predicted molar refractivity (Wildman–Crippen MR) is 72.3 cm³/mol. The molecule has 5 heteroatoms. The Morgan fingerprint density at radius 2 is 2.11 bits per heavy atom. The number of rotatable bonds is 4. The third-order valence-electron chi connectivity index (χ3n) is 2.62. The fourth-order valence-electron chi connectivity index (χ4n) is 1.58. The van der Waals surface area contributed by atoms with Gasteiger partial charge in [0.05, 0.1) is 12.8 Å². The summed E-state index contributed by atoms with van der Waals surface area (Å²) < 4.78 is 5.17. The molecule has 0 radical (unpaired) electrons. The van der Waals surface area contributed by atoms with E-state index in [-0.39, 0.29) is 0 Å². The molecule has 2 aromatic rings. The number of aromatic carboxylic acids is 1. The lowest BCUT2D eigenvalue weighted by atomic mass is 10.2. The van der Waals surface area contributed by atoms with E-state index in [9.17, 15) is 4.79 Å². The Bertz CT molecular complexity index is 565. The summed E-state index contributed by atoms with van der Waals surface area (Å²) in [7, 11) is 3.51. The number of anilines is 2. The monoisotopic (exact) mass is 263 g/mol. The zero-order chi connectivity index (χ0) is 13.1.